The van der Waals surface area contributed by atoms with Gasteiger partial charge in [0.15, 0.2) is 0 Å². The summed E-state index contributed by atoms with van der Waals surface area (Å²) in [4.78, 5) is 11.6. The summed E-state index contributed by atoms with van der Waals surface area (Å²) in [5.41, 5.74) is 0. The summed E-state index contributed by atoms with van der Waals surface area (Å²) in [7, 11) is -3.52. The smallest absolute Gasteiger partial charge is 0.309 e. The van der Waals surface area contributed by atoms with E-state index in [4.69, 9.17) is 9.84 Å². The van der Waals surface area contributed by atoms with Crippen LogP contribution in [0.5, 0.6) is 0 Å². The molecule has 0 amide bonds. The number of ether oxygens (including phenoxy) is 1. The van der Waals surface area contributed by atoms with Gasteiger partial charge in [0.05, 0.1) is 12.5 Å². The van der Waals surface area contributed by atoms with Crippen molar-refractivity contribution in [1.29, 1.82) is 0 Å². The Morgan fingerprint density at radius 3 is 2.57 bits per heavy atom. The zero-order chi connectivity index (χ0) is 15.9. The molecule has 0 saturated carbocycles. The molecule has 1 saturated heterocycles. The Morgan fingerprint density at radius 2 is 2.05 bits per heavy atom. The molecule has 1 heterocycles. The third-order valence-corrected chi connectivity index (χ3v) is 5.30. The van der Waals surface area contributed by atoms with Crippen molar-refractivity contribution in [3.63, 3.8) is 0 Å². The van der Waals surface area contributed by atoms with E-state index in [9.17, 15) is 13.2 Å². The monoisotopic (exact) mass is 322 g/mol. The molecule has 1 unspecified atom stereocenters. The first-order chi connectivity index (χ1) is 9.90. The number of aliphatic hydroxyl groups is 1. The standard InChI is InChI=1S/C13H26N2O5S/c1-3-20-13(17)12-6-8-15(9-7-12)21(18,19)14-11(2)5-4-10-16/h11-12,14,16H,3-10H2,1-2H3. The number of nitrogens with one attached hydrogen (secondary N) is 1. The van der Waals surface area contributed by atoms with E-state index in [1.54, 1.807) is 13.8 Å². The van der Waals surface area contributed by atoms with Gasteiger partial charge in [0.1, 0.15) is 0 Å². The van der Waals surface area contributed by atoms with Crippen LogP contribution in [0.25, 0.3) is 0 Å². The van der Waals surface area contributed by atoms with Crippen LogP contribution in [0, 0.1) is 5.92 Å². The van der Waals surface area contributed by atoms with Crippen LogP contribution in [-0.4, -0.2) is 56.1 Å². The highest BCUT2D eigenvalue weighted by atomic mass is 32.2. The van der Waals surface area contributed by atoms with Gasteiger partial charge < -0.3 is 9.84 Å². The second-order valence-electron chi connectivity index (χ2n) is 5.32. The van der Waals surface area contributed by atoms with E-state index in [0.717, 1.165) is 0 Å². The number of rotatable bonds is 8. The molecular formula is C13H26N2O5S. The van der Waals surface area contributed by atoms with Gasteiger partial charge in [0.25, 0.3) is 10.2 Å². The summed E-state index contributed by atoms with van der Waals surface area (Å²) in [6.07, 6.45) is 2.14. The predicted octanol–water partition coefficient (Wildman–Crippen LogP) is 0.257. The van der Waals surface area contributed by atoms with Gasteiger partial charge in [-0.3, -0.25) is 4.79 Å². The van der Waals surface area contributed by atoms with Crippen molar-refractivity contribution in [2.75, 3.05) is 26.3 Å². The molecule has 1 rings (SSSR count). The number of carbonyl (C=O) groups excluding carboxylic acids is 1. The van der Waals surface area contributed by atoms with Crippen molar-refractivity contribution in [3.05, 3.63) is 0 Å². The molecule has 0 aromatic carbocycles. The molecular weight excluding hydrogens is 296 g/mol. The first kappa shape index (κ1) is 18.3. The molecule has 7 nitrogen and oxygen atoms in total. The molecule has 0 aromatic rings. The van der Waals surface area contributed by atoms with Gasteiger partial charge in [0, 0.05) is 25.7 Å². The number of nitrogens with zero attached hydrogens (tertiary/aromatic N) is 1. The summed E-state index contributed by atoms with van der Waals surface area (Å²) in [6.45, 7) is 4.59. The lowest BCUT2D eigenvalue weighted by molar-refractivity contribution is -0.149. The lowest BCUT2D eigenvalue weighted by Crippen LogP contribution is -2.48. The zero-order valence-corrected chi connectivity index (χ0v) is 13.6. The Morgan fingerprint density at radius 1 is 1.43 bits per heavy atom. The molecule has 0 aliphatic carbocycles. The number of carbonyl (C=O) groups is 1. The normalized spacial score (nSPS) is 19.4. The fourth-order valence-corrected chi connectivity index (χ4v) is 3.84. The molecule has 2 N–H and O–H groups in total. The minimum Gasteiger partial charge on any atom is -0.466 e. The van der Waals surface area contributed by atoms with Crippen LogP contribution in [0.4, 0.5) is 0 Å². The van der Waals surface area contributed by atoms with Crippen LogP contribution in [0.1, 0.15) is 39.5 Å². The molecule has 0 radical (unpaired) electrons. The second-order valence-corrected chi connectivity index (χ2v) is 7.02. The summed E-state index contributed by atoms with van der Waals surface area (Å²) < 4.78 is 33.3. The first-order valence-electron chi connectivity index (χ1n) is 7.45. The molecule has 21 heavy (non-hydrogen) atoms. The summed E-state index contributed by atoms with van der Waals surface area (Å²) in [5, 5.41) is 8.76. The lowest BCUT2D eigenvalue weighted by Gasteiger charge is -2.31. The summed E-state index contributed by atoms with van der Waals surface area (Å²) in [5.74, 6) is -0.443. The average Bonchev–Trinajstić information content (AvgIpc) is 2.45. The van der Waals surface area contributed by atoms with Gasteiger partial charge in [-0.25, -0.2) is 0 Å². The largest absolute Gasteiger partial charge is 0.466 e. The van der Waals surface area contributed by atoms with E-state index < -0.39 is 10.2 Å². The van der Waals surface area contributed by atoms with Gasteiger partial charge in [0.2, 0.25) is 0 Å². The van der Waals surface area contributed by atoms with Crippen molar-refractivity contribution < 1.29 is 23.1 Å². The van der Waals surface area contributed by atoms with E-state index in [-0.39, 0.29) is 24.5 Å². The van der Waals surface area contributed by atoms with E-state index in [1.807, 2.05) is 0 Å². The summed E-state index contributed by atoms with van der Waals surface area (Å²) >= 11 is 0. The lowest BCUT2D eigenvalue weighted by atomic mass is 9.98. The first-order valence-corrected chi connectivity index (χ1v) is 8.89. The molecule has 124 valence electrons. The third-order valence-electron chi connectivity index (χ3n) is 3.56. The molecule has 0 bridgehead atoms. The molecule has 1 aliphatic rings. The predicted molar refractivity (Wildman–Crippen MR) is 78.8 cm³/mol. The fourth-order valence-electron chi connectivity index (χ4n) is 2.38. The highest BCUT2D eigenvalue weighted by Crippen LogP contribution is 2.20. The Balaban J connectivity index is 2.46. The SMILES string of the molecule is CCOC(=O)C1CCN(S(=O)(=O)NC(C)CCCO)CC1. The van der Waals surface area contributed by atoms with Gasteiger partial charge in [-0.05, 0) is 39.5 Å². The summed E-state index contributed by atoms with van der Waals surface area (Å²) in [6, 6.07) is -0.218. The molecule has 0 aromatic heterocycles. The molecule has 1 fully saturated rings. The van der Waals surface area contributed by atoms with Gasteiger partial charge >= 0.3 is 5.97 Å². The van der Waals surface area contributed by atoms with Crippen LogP contribution in [0.2, 0.25) is 0 Å². The van der Waals surface area contributed by atoms with Gasteiger partial charge in [-0.15, -0.1) is 0 Å². The van der Waals surface area contributed by atoms with Crippen molar-refractivity contribution in [2.24, 2.45) is 5.92 Å². The van der Waals surface area contributed by atoms with Crippen LogP contribution in [0.3, 0.4) is 0 Å². The number of aliphatic hydroxyl groups excluding tert-OH is 1. The number of piperidine rings is 1. The number of esters is 1. The highest BCUT2D eigenvalue weighted by molar-refractivity contribution is 7.87. The van der Waals surface area contributed by atoms with Gasteiger partial charge in [-0.1, -0.05) is 0 Å². The van der Waals surface area contributed by atoms with Crippen molar-refractivity contribution in [1.82, 2.24) is 9.03 Å². The van der Waals surface area contributed by atoms with E-state index in [0.29, 0.717) is 45.4 Å². The van der Waals surface area contributed by atoms with Crippen LogP contribution >= 0.6 is 0 Å². The van der Waals surface area contributed by atoms with Crippen molar-refractivity contribution in [3.8, 4) is 0 Å². The Kier molecular flexibility index (Phi) is 7.58. The van der Waals surface area contributed by atoms with E-state index in [2.05, 4.69) is 4.72 Å². The van der Waals surface area contributed by atoms with Crippen molar-refractivity contribution in [2.45, 2.75) is 45.6 Å². The molecule has 8 heteroatoms. The fraction of sp³-hybridized carbons (Fsp3) is 0.923. The minimum absolute atomic E-state index is 0.0526. The maximum absolute atomic E-state index is 12.2. The number of hydrogen-bond donors (Lipinski definition) is 2. The quantitative estimate of drug-likeness (QED) is 0.625. The van der Waals surface area contributed by atoms with Crippen molar-refractivity contribution >= 4 is 16.2 Å². The van der Waals surface area contributed by atoms with Crippen LogP contribution < -0.4 is 4.72 Å². The Hall–Kier alpha value is -0.700. The topological polar surface area (TPSA) is 95.9 Å². The second kappa shape index (κ2) is 8.67. The molecule has 0 spiro atoms. The average molecular weight is 322 g/mol. The van der Waals surface area contributed by atoms with E-state index >= 15 is 0 Å². The third kappa shape index (κ3) is 5.90. The number of hydrogen-bond acceptors (Lipinski definition) is 5. The zero-order valence-electron chi connectivity index (χ0n) is 12.7. The highest BCUT2D eigenvalue weighted by Gasteiger charge is 2.32. The maximum Gasteiger partial charge on any atom is 0.309 e. The minimum atomic E-state index is -3.52. The van der Waals surface area contributed by atoms with Crippen LogP contribution in [-0.2, 0) is 19.7 Å². The Bertz CT molecular complexity index is 418. The van der Waals surface area contributed by atoms with E-state index in [1.165, 1.54) is 4.31 Å². The van der Waals surface area contributed by atoms with Crippen LogP contribution in [0.15, 0.2) is 0 Å². The molecule has 1 atom stereocenters. The maximum atomic E-state index is 12.2. The van der Waals surface area contributed by atoms with Gasteiger partial charge in [-0.2, -0.15) is 17.4 Å². The Labute approximate surface area is 126 Å². The molecule has 1 aliphatic heterocycles.